The van der Waals surface area contributed by atoms with Crippen molar-refractivity contribution in [2.75, 3.05) is 6.54 Å². The normalized spacial score (nSPS) is 20.0. The minimum atomic E-state index is -3.06. The third-order valence-electron chi connectivity index (χ3n) is 4.13. The molecule has 1 fully saturated rings. The zero-order valence-electron chi connectivity index (χ0n) is 16.8. The molecule has 0 aromatic heterocycles. The lowest BCUT2D eigenvalue weighted by Gasteiger charge is -2.47. The van der Waals surface area contributed by atoms with Crippen LogP contribution in [0.25, 0.3) is 0 Å². The molecule has 0 radical (unpaired) electrons. The fraction of sp³-hybridized carbons (Fsp3) is 0.833. The average Bonchev–Trinajstić information content (AvgIpc) is 2.38. The van der Waals surface area contributed by atoms with Gasteiger partial charge in [-0.05, 0) is 26.2 Å². The second kappa shape index (κ2) is 7.98. The second-order valence-corrected chi connectivity index (χ2v) is 9.04. The molecule has 0 spiro atoms. The highest BCUT2D eigenvalue weighted by Crippen LogP contribution is 2.35. The molecule has 156 valence electrons. The van der Waals surface area contributed by atoms with Crippen LogP contribution in [0.1, 0.15) is 60.8 Å². The van der Waals surface area contributed by atoms with Crippen LogP contribution in [0.3, 0.4) is 0 Å². The van der Waals surface area contributed by atoms with Crippen LogP contribution in [0.5, 0.6) is 0 Å². The summed E-state index contributed by atoms with van der Waals surface area (Å²) < 4.78 is 33.1. The molecule has 27 heavy (non-hydrogen) atoms. The Morgan fingerprint density at radius 2 is 1.81 bits per heavy atom. The number of aliphatic carboxylic acids is 1. The maximum absolute atomic E-state index is 14.0. The molecule has 1 heterocycles. The monoisotopic (exact) mass is 392 g/mol. The van der Waals surface area contributed by atoms with Crippen molar-refractivity contribution in [2.45, 2.75) is 84.4 Å². The van der Waals surface area contributed by atoms with Crippen molar-refractivity contribution >= 4 is 18.0 Å². The first kappa shape index (κ1) is 23.1. The van der Waals surface area contributed by atoms with Gasteiger partial charge in [-0.2, -0.15) is 0 Å². The van der Waals surface area contributed by atoms with Crippen LogP contribution < -0.4 is 5.32 Å². The van der Waals surface area contributed by atoms with Gasteiger partial charge in [-0.15, -0.1) is 0 Å². The number of carboxylic acid groups (broad SMARTS) is 1. The molecule has 1 aliphatic rings. The fourth-order valence-electron chi connectivity index (χ4n) is 3.28. The van der Waals surface area contributed by atoms with E-state index in [-0.39, 0.29) is 6.42 Å². The van der Waals surface area contributed by atoms with Gasteiger partial charge in [0.2, 0.25) is 5.91 Å². The molecule has 2 amide bonds. The van der Waals surface area contributed by atoms with Crippen LogP contribution in [0.4, 0.5) is 13.6 Å². The van der Waals surface area contributed by atoms with E-state index >= 15 is 0 Å². The number of carbonyl (C=O) groups excluding carboxylic acids is 2. The summed E-state index contributed by atoms with van der Waals surface area (Å²) in [6, 6.07) is -2.03. The highest BCUT2D eigenvalue weighted by molar-refractivity contribution is 5.78. The Balaban J connectivity index is 3.22. The average molecular weight is 392 g/mol. The van der Waals surface area contributed by atoms with Crippen molar-refractivity contribution < 1.29 is 33.0 Å². The van der Waals surface area contributed by atoms with Crippen molar-refractivity contribution in [3.8, 4) is 0 Å². The summed E-state index contributed by atoms with van der Waals surface area (Å²) >= 11 is 0. The minimum absolute atomic E-state index is 0.328. The third-order valence-corrected chi connectivity index (χ3v) is 4.13. The number of nitrogens with one attached hydrogen (secondary N) is 1. The molecule has 0 aromatic rings. The van der Waals surface area contributed by atoms with Crippen LogP contribution in [0.2, 0.25) is 0 Å². The summed E-state index contributed by atoms with van der Waals surface area (Å²) in [5.41, 5.74) is -1.58. The van der Waals surface area contributed by atoms with Crippen molar-refractivity contribution in [1.82, 2.24) is 10.2 Å². The number of amides is 2. The first-order valence-corrected chi connectivity index (χ1v) is 8.90. The molecule has 0 aliphatic carbocycles. The number of alkyl halides is 2. The van der Waals surface area contributed by atoms with Gasteiger partial charge in [-0.3, -0.25) is 9.59 Å². The molecular formula is C18H30F2N2O5. The molecule has 0 saturated carbocycles. The molecule has 1 aliphatic heterocycles. The fourth-order valence-corrected chi connectivity index (χ4v) is 3.28. The second-order valence-electron chi connectivity index (χ2n) is 9.04. The lowest BCUT2D eigenvalue weighted by molar-refractivity contribution is -0.157. The zero-order chi connectivity index (χ0) is 21.2. The van der Waals surface area contributed by atoms with E-state index in [9.17, 15) is 28.3 Å². The lowest BCUT2D eigenvalue weighted by Crippen LogP contribution is -2.63. The van der Waals surface area contributed by atoms with Crippen LogP contribution in [-0.4, -0.2) is 58.1 Å². The number of nitrogens with zero attached hydrogens (tertiary/aromatic N) is 1. The molecule has 7 nitrogen and oxygen atoms in total. The molecule has 0 aromatic carbocycles. The summed E-state index contributed by atoms with van der Waals surface area (Å²) in [5.74, 6) is -4.76. The number of rotatable bonds is 5. The highest BCUT2D eigenvalue weighted by Gasteiger charge is 2.48. The van der Waals surface area contributed by atoms with Gasteiger partial charge in [-0.25, -0.2) is 13.6 Å². The Morgan fingerprint density at radius 1 is 1.26 bits per heavy atom. The van der Waals surface area contributed by atoms with Crippen LogP contribution in [0, 0.1) is 5.41 Å². The van der Waals surface area contributed by atoms with Crippen molar-refractivity contribution in [3.63, 3.8) is 0 Å². The largest absolute Gasteiger partial charge is 0.481 e. The molecule has 2 N–H and O–H groups in total. The van der Waals surface area contributed by atoms with Gasteiger partial charge in [0, 0.05) is 12.8 Å². The van der Waals surface area contributed by atoms with Gasteiger partial charge in [-0.1, -0.05) is 20.8 Å². The van der Waals surface area contributed by atoms with Crippen LogP contribution in [-0.2, 0) is 14.3 Å². The number of likely N-dealkylation sites (tertiary alicyclic amines) is 1. The Kier molecular flexibility index (Phi) is 6.83. The van der Waals surface area contributed by atoms with E-state index in [0.717, 1.165) is 4.90 Å². The van der Waals surface area contributed by atoms with Gasteiger partial charge in [0.1, 0.15) is 5.60 Å². The first-order chi connectivity index (χ1) is 12.0. The van der Waals surface area contributed by atoms with E-state index in [4.69, 9.17) is 4.74 Å². The Bertz CT molecular complexity index is 581. The summed E-state index contributed by atoms with van der Waals surface area (Å²) in [6.07, 6.45) is -2.26. The van der Waals surface area contributed by atoms with Crippen LogP contribution >= 0.6 is 0 Å². The van der Waals surface area contributed by atoms with E-state index in [2.05, 4.69) is 5.32 Å². The number of halogens is 2. The van der Waals surface area contributed by atoms with E-state index in [1.807, 2.05) is 0 Å². The zero-order valence-corrected chi connectivity index (χ0v) is 16.8. The Labute approximate surface area is 158 Å². The van der Waals surface area contributed by atoms with E-state index in [0.29, 0.717) is 0 Å². The van der Waals surface area contributed by atoms with E-state index in [1.54, 1.807) is 41.5 Å². The highest BCUT2D eigenvalue weighted by atomic mass is 19.3. The van der Waals surface area contributed by atoms with Crippen molar-refractivity contribution in [1.29, 1.82) is 0 Å². The van der Waals surface area contributed by atoms with E-state index < -0.39 is 66.4 Å². The SMILES string of the molecule is CC(C)(C)OC(=O)N[C@@H](CC(=O)O)C(N1CC(F)(F)CCC1=O)C(C)(C)C. The molecule has 9 heteroatoms. The Hall–Kier alpha value is -1.93. The number of hydrogen-bond acceptors (Lipinski definition) is 4. The maximum atomic E-state index is 14.0. The van der Waals surface area contributed by atoms with Crippen LogP contribution in [0.15, 0.2) is 0 Å². The number of carbonyl (C=O) groups is 3. The lowest BCUT2D eigenvalue weighted by atomic mass is 9.79. The topological polar surface area (TPSA) is 95.9 Å². The van der Waals surface area contributed by atoms with Gasteiger partial charge in [0.25, 0.3) is 5.92 Å². The summed E-state index contributed by atoms with van der Waals surface area (Å²) in [4.78, 5) is 36.9. The minimum Gasteiger partial charge on any atom is -0.481 e. The van der Waals surface area contributed by atoms with Crippen molar-refractivity contribution in [3.05, 3.63) is 0 Å². The van der Waals surface area contributed by atoms with Gasteiger partial charge in [0.05, 0.1) is 25.0 Å². The first-order valence-electron chi connectivity index (χ1n) is 8.90. The number of piperidine rings is 1. The maximum Gasteiger partial charge on any atom is 0.407 e. The third kappa shape index (κ3) is 7.30. The quantitative estimate of drug-likeness (QED) is 0.750. The summed E-state index contributed by atoms with van der Waals surface area (Å²) in [6.45, 7) is 9.27. The Morgan fingerprint density at radius 3 is 2.26 bits per heavy atom. The molecule has 1 unspecified atom stereocenters. The molecule has 0 bridgehead atoms. The molecule has 1 rings (SSSR count). The van der Waals surface area contributed by atoms with Gasteiger partial charge < -0.3 is 20.1 Å². The van der Waals surface area contributed by atoms with E-state index in [1.165, 1.54) is 0 Å². The van der Waals surface area contributed by atoms with Crippen molar-refractivity contribution in [2.24, 2.45) is 5.41 Å². The predicted molar refractivity (Wildman–Crippen MR) is 94.5 cm³/mol. The standard InChI is InChI=1S/C18H30F2N2O5/c1-16(2,3)14(22-10-18(19,20)8-7-12(22)23)11(9-13(24)25)21-15(26)27-17(4,5)6/h11,14H,7-10H2,1-6H3,(H,21,26)(H,24,25)/t11-,14?/m0/s1. The predicted octanol–water partition coefficient (Wildman–Crippen LogP) is 3.03. The smallest absolute Gasteiger partial charge is 0.407 e. The number of ether oxygens (including phenoxy) is 1. The van der Waals surface area contributed by atoms with Gasteiger partial charge in [0.15, 0.2) is 0 Å². The number of alkyl carbamates (subject to hydrolysis) is 1. The molecular weight excluding hydrogens is 362 g/mol. The molecule has 2 atom stereocenters. The summed E-state index contributed by atoms with van der Waals surface area (Å²) in [5, 5.41) is 11.7. The van der Waals surface area contributed by atoms with Gasteiger partial charge >= 0.3 is 12.1 Å². The number of hydrogen-bond donors (Lipinski definition) is 2. The molecule has 1 saturated heterocycles. The number of carboxylic acids is 1. The summed E-state index contributed by atoms with van der Waals surface area (Å²) in [7, 11) is 0.